The van der Waals surface area contributed by atoms with Crippen LogP contribution >= 0.6 is 22.6 Å². The quantitative estimate of drug-likeness (QED) is 0.278. The van der Waals surface area contributed by atoms with E-state index in [4.69, 9.17) is 4.98 Å². The van der Waals surface area contributed by atoms with Gasteiger partial charge in [0.2, 0.25) is 0 Å². The second-order valence-corrected chi connectivity index (χ2v) is 8.36. The van der Waals surface area contributed by atoms with Crippen LogP contribution in [0.15, 0.2) is 48.5 Å². The summed E-state index contributed by atoms with van der Waals surface area (Å²) >= 11 is 2.26. The Kier molecular flexibility index (Phi) is 7.48. The van der Waals surface area contributed by atoms with Gasteiger partial charge in [-0.2, -0.15) is 0 Å². The standard InChI is InChI=1S/C23H28IN3O/c1-3-5-8-15-26(23(28)18-10-9-11-19(24)16-18)17-22-25-20-12-6-7-13-21(20)27(22)14-4-2/h6-7,9-13,16H,3-5,8,14-15,17H2,1-2H3. The van der Waals surface area contributed by atoms with Gasteiger partial charge in [-0.15, -0.1) is 0 Å². The molecule has 0 N–H and O–H groups in total. The minimum Gasteiger partial charge on any atom is -0.331 e. The summed E-state index contributed by atoms with van der Waals surface area (Å²) in [4.78, 5) is 20.1. The van der Waals surface area contributed by atoms with E-state index in [1.54, 1.807) is 0 Å². The molecule has 148 valence electrons. The maximum Gasteiger partial charge on any atom is 0.254 e. The van der Waals surface area contributed by atoms with Gasteiger partial charge >= 0.3 is 0 Å². The highest BCUT2D eigenvalue weighted by Crippen LogP contribution is 2.20. The summed E-state index contributed by atoms with van der Waals surface area (Å²) in [5.41, 5.74) is 2.90. The molecule has 0 saturated carbocycles. The lowest BCUT2D eigenvalue weighted by Gasteiger charge is -2.23. The first-order chi connectivity index (χ1) is 13.6. The number of rotatable bonds is 9. The molecular formula is C23H28IN3O. The van der Waals surface area contributed by atoms with Crippen molar-refractivity contribution in [2.45, 2.75) is 52.6 Å². The summed E-state index contributed by atoms with van der Waals surface area (Å²) in [6.45, 7) is 6.58. The van der Waals surface area contributed by atoms with E-state index in [9.17, 15) is 4.79 Å². The van der Waals surface area contributed by atoms with Crippen molar-refractivity contribution in [3.05, 3.63) is 63.5 Å². The maximum atomic E-state index is 13.3. The number of para-hydroxylation sites is 2. The Morgan fingerprint density at radius 2 is 1.89 bits per heavy atom. The Bertz CT molecular complexity index is 934. The first kappa shape index (κ1) is 20.8. The van der Waals surface area contributed by atoms with Gasteiger partial charge in [-0.05, 0) is 65.8 Å². The van der Waals surface area contributed by atoms with Gasteiger partial charge in [0.15, 0.2) is 0 Å². The lowest BCUT2D eigenvalue weighted by Crippen LogP contribution is -2.32. The number of carbonyl (C=O) groups excluding carboxylic acids is 1. The van der Waals surface area contributed by atoms with E-state index in [0.29, 0.717) is 6.54 Å². The summed E-state index contributed by atoms with van der Waals surface area (Å²) in [7, 11) is 0. The molecule has 3 aromatic rings. The number of benzene rings is 2. The predicted molar refractivity (Wildman–Crippen MR) is 123 cm³/mol. The highest BCUT2D eigenvalue weighted by molar-refractivity contribution is 14.1. The van der Waals surface area contributed by atoms with E-state index in [1.165, 1.54) is 0 Å². The number of nitrogens with zero attached hydrogens (tertiary/aromatic N) is 3. The highest BCUT2D eigenvalue weighted by Gasteiger charge is 2.20. The number of fused-ring (bicyclic) bond motifs is 1. The first-order valence-electron chi connectivity index (χ1n) is 10.1. The SMILES string of the molecule is CCCCCN(Cc1nc2ccccc2n1CCC)C(=O)c1cccc(I)c1. The summed E-state index contributed by atoms with van der Waals surface area (Å²) < 4.78 is 3.35. The molecule has 1 aromatic heterocycles. The second-order valence-electron chi connectivity index (χ2n) is 7.11. The van der Waals surface area contributed by atoms with Crippen LogP contribution in [0.1, 0.15) is 55.7 Å². The van der Waals surface area contributed by atoms with Gasteiger partial charge in [-0.3, -0.25) is 4.79 Å². The van der Waals surface area contributed by atoms with E-state index >= 15 is 0 Å². The summed E-state index contributed by atoms with van der Waals surface area (Å²) in [6, 6.07) is 16.1. The van der Waals surface area contributed by atoms with Crippen LogP contribution in [0, 0.1) is 3.57 Å². The molecule has 1 amide bonds. The average molecular weight is 489 g/mol. The Morgan fingerprint density at radius 3 is 2.64 bits per heavy atom. The highest BCUT2D eigenvalue weighted by atomic mass is 127. The van der Waals surface area contributed by atoms with Crippen molar-refractivity contribution in [3.8, 4) is 0 Å². The molecule has 0 bridgehead atoms. The molecule has 3 rings (SSSR count). The third kappa shape index (κ3) is 4.93. The molecule has 0 aliphatic heterocycles. The minimum absolute atomic E-state index is 0.0877. The molecular weight excluding hydrogens is 461 g/mol. The number of halogens is 1. The van der Waals surface area contributed by atoms with Crippen molar-refractivity contribution in [1.29, 1.82) is 0 Å². The molecule has 0 saturated heterocycles. The molecule has 0 atom stereocenters. The van der Waals surface area contributed by atoms with Crippen molar-refractivity contribution < 1.29 is 4.79 Å². The zero-order valence-electron chi connectivity index (χ0n) is 16.7. The number of carbonyl (C=O) groups is 1. The molecule has 5 heteroatoms. The van der Waals surface area contributed by atoms with Gasteiger partial charge < -0.3 is 9.47 Å². The Morgan fingerprint density at radius 1 is 1.07 bits per heavy atom. The van der Waals surface area contributed by atoms with E-state index < -0.39 is 0 Å². The van der Waals surface area contributed by atoms with Gasteiger partial charge in [0.25, 0.3) is 5.91 Å². The zero-order valence-corrected chi connectivity index (χ0v) is 18.9. The van der Waals surface area contributed by atoms with Crippen molar-refractivity contribution in [1.82, 2.24) is 14.5 Å². The van der Waals surface area contributed by atoms with Gasteiger partial charge in [0.05, 0.1) is 17.6 Å². The monoisotopic (exact) mass is 489 g/mol. The minimum atomic E-state index is 0.0877. The largest absolute Gasteiger partial charge is 0.331 e. The molecule has 4 nitrogen and oxygen atoms in total. The molecule has 0 aliphatic carbocycles. The topological polar surface area (TPSA) is 38.1 Å². The molecule has 1 heterocycles. The number of hydrogen-bond acceptors (Lipinski definition) is 2. The van der Waals surface area contributed by atoms with Gasteiger partial charge in [-0.1, -0.05) is 44.9 Å². The fourth-order valence-corrected chi connectivity index (χ4v) is 4.04. The van der Waals surface area contributed by atoms with Crippen LogP contribution in [0.4, 0.5) is 0 Å². The molecule has 0 aliphatic rings. The fourth-order valence-electron chi connectivity index (χ4n) is 3.50. The average Bonchev–Trinajstić information content (AvgIpc) is 3.04. The predicted octanol–water partition coefficient (Wildman–Crippen LogP) is 5.88. The van der Waals surface area contributed by atoms with Crippen LogP contribution in [0.5, 0.6) is 0 Å². The first-order valence-corrected chi connectivity index (χ1v) is 11.2. The van der Waals surface area contributed by atoms with Crippen molar-refractivity contribution >= 4 is 39.5 Å². The van der Waals surface area contributed by atoms with E-state index in [-0.39, 0.29) is 5.91 Å². The van der Waals surface area contributed by atoms with Crippen molar-refractivity contribution in [2.75, 3.05) is 6.54 Å². The number of aryl methyl sites for hydroxylation is 1. The molecule has 2 aromatic carbocycles. The number of imidazole rings is 1. The molecule has 0 fully saturated rings. The number of unbranched alkanes of at least 4 members (excludes halogenated alkanes) is 2. The second kappa shape index (κ2) is 10.0. The smallest absolute Gasteiger partial charge is 0.254 e. The lowest BCUT2D eigenvalue weighted by atomic mass is 10.1. The fraction of sp³-hybridized carbons (Fsp3) is 0.391. The van der Waals surface area contributed by atoms with E-state index in [0.717, 1.165) is 64.8 Å². The number of aromatic nitrogens is 2. The van der Waals surface area contributed by atoms with Crippen LogP contribution in [0.2, 0.25) is 0 Å². The molecule has 0 radical (unpaired) electrons. The van der Waals surface area contributed by atoms with E-state index in [2.05, 4.69) is 53.1 Å². The summed E-state index contributed by atoms with van der Waals surface area (Å²) in [5.74, 6) is 1.06. The normalized spacial score (nSPS) is 11.1. The number of hydrogen-bond donors (Lipinski definition) is 0. The van der Waals surface area contributed by atoms with Crippen LogP contribution in [-0.2, 0) is 13.1 Å². The van der Waals surface area contributed by atoms with Gasteiger partial charge in [-0.25, -0.2) is 4.98 Å². The maximum absolute atomic E-state index is 13.3. The molecule has 28 heavy (non-hydrogen) atoms. The van der Waals surface area contributed by atoms with Crippen molar-refractivity contribution in [2.24, 2.45) is 0 Å². The van der Waals surface area contributed by atoms with Crippen molar-refractivity contribution in [3.63, 3.8) is 0 Å². The molecule has 0 spiro atoms. The third-order valence-electron chi connectivity index (χ3n) is 4.90. The Labute approximate surface area is 181 Å². The van der Waals surface area contributed by atoms with E-state index in [1.807, 2.05) is 41.3 Å². The summed E-state index contributed by atoms with van der Waals surface area (Å²) in [5, 5.41) is 0. The lowest BCUT2D eigenvalue weighted by molar-refractivity contribution is 0.0734. The molecule has 0 unspecified atom stereocenters. The van der Waals surface area contributed by atoms with Crippen LogP contribution < -0.4 is 0 Å². The summed E-state index contributed by atoms with van der Waals surface area (Å²) in [6.07, 6.45) is 4.31. The van der Waals surface area contributed by atoms with Gasteiger partial charge in [0.1, 0.15) is 5.82 Å². The van der Waals surface area contributed by atoms with Crippen LogP contribution in [0.3, 0.4) is 0 Å². The van der Waals surface area contributed by atoms with Gasteiger partial charge in [0, 0.05) is 22.2 Å². The van der Waals surface area contributed by atoms with Crippen LogP contribution in [0.25, 0.3) is 11.0 Å². The third-order valence-corrected chi connectivity index (χ3v) is 5.57. The number of amides is 1. The van der Waals surface area contributed by atoms with Crippen LogP contribution in [-0.4, -0.2) is 26.9 Å². The Hall–Kier alpha value is -1.89. The zero-order chi connectivity index (χ0) is 19.9. The Balaban J connectivity index is 1.92.